The highest BCUT2D eigenvalue weighted by molar-refractivity contribution is 6.04. The fraction of sp³-hybridized carbons (Fsp3) is 0.424. The van der Waals surface area contributed by atoms with E-state index in [0.717, 1.165) is 0 Å². The summed E-state index contributed by atoms with van der Waals surface area (Å²) >= 11 is 0. The lowest BCUT2D eigenvalue weighted by atomic mass is 9.70. The van der Waals surface area contributed by atoms with Crippen molar-refractivity contribution >= 4 is 27.8 Å². The zero-order valence-electron chi connectivity index (χ0n) is 38.7. The Labute approximate surface area is 365 Å². The molecule has 0 radical (unpaired) electrons. The van der Waals surface area contributed by atoms with Crippen LogP contribution < -0.4 is 4.90 Å². The molecule has 0 spiro atoms. The molecule has 0 aliphatic heterocycles. The maximum absolute atomic E-state index is 2.58. The van der Waals surface area contributed by atoms with Crippen LogP contribution in [0.1, 0.15) is 169 Å². The minimum absolute atomic E-state index is 0.182. The lowest BCUT2D eigenvalue weighted by Gasteiger charge is -2.33. The number of anilines is 3. The highest BCUT2D eigenvalue weighted by Crippen LogP contribution is 2.57. The van der Waals surface area contributed by atoms with Crippen molar-refractivity contribution in [2.24, 2.45) is 0 Å². The molecule has 0 bridgehead atoms. The normalized spacial score (nSPS) is 13.1. The summed E-state index contributed by atoms with van der Waals surface area (Å²) in [5.41, 5.74) is 16.9. The molecule has 0 amide bonds. The van der Waals surface area contributed by atoms with E-state index in [4.69, 9.17) is 0 Å². The zero-order valence-corrected chi connectivity index (χ0v) is 38.7. The fourth-order valence-corrected chi connectivity index (χ4v) is 9.74. The number of unbranched alkanes of at least 4 members (excludes halogenated alkanes) is 10. The van der Waals surface area contributed by atoms with E-state index in [0.29, 0.717) is 5.92 Å². The maximum Gasteiger partial charge on any atom is 0.0461 e. The molecule has 1 aliphatic carbocycles. The van der Waals surface area contributed by atoms with E-state index in [1.54, 1.807) is 11.1 Å². The largest absolute Gasteiger partial charge is 0.311 e. The molecular formula is C59H75N. The molecule has 0 saturated carbocycles. The standard InChI is InChI=1S/C35H48.C24H27N/c1-5-7-9-11-13-17-23-35(24-18-14-12-10-8-6-2)32-25-27(3)21-22-31(32)34-30-20-16-15-19-29(30)28(4)26-33(34)35;1-5-20(4)21-10-16-24(17-11-21)25(22-12-6-18(2)7-13-22)23-14-8-19(3)9-15-23/h15-16,19-22,25-26H,5-14,17-18,23-24H2,1-4H3;6-17,20H,5H2,1-4H3. The molecule has 0 aromatic heterocycles. The molecule has 1 heteroatoms. The summed E-state index contributed by atoms with van der Waals surface area (Å²) in [6.07, 6.45) is 20.2. The van der Waals surface area contributed by atoms with Gasteiger partial charge in [0.15, 0.2) is 0 Å². The van der Waals surface area contributed by atoms with Crippen LogP contribution in [0.3, 0.4) is 0 Å². The van der Waals surface area contributed by atoms with Crippen molar-refractivity contribution in [3.05, 3.63) is 160 Å². The molecule has 316 valence electrons. The molecule has 7 rings (SSSR count). The van der Waals surface area contributed by atoms with Crippen molar-refractivity contribution in [1.82, 2.24) is 0 Å². The van der Waals surface area contributed by atoms with E-state index in [9.17, 15) is 0 Å². The van der Waals surface area contributed by atoms with Gasteiger partial charge in [-0.3, -0.25) is 0 Å². The summed E-state index contributed by atoms with van der Waals surface area (Å²) in [5, 5.41) is 2.88. The molecule has 1 nitrogen and oxygen atoms in total. The second kappa shape index (κ2) is 21.8. The molecule has 1 aliphatic rings. The molecule has 6 aromatic rings. The first-order valence-corrected chi connectivity index (χ1v) is 23.9. The van der Waals surface area contributed by atoms with Crippen molar-refractivity contribution in [3.8, 4) is 11.1 Å². The predicted molar refractivity (Wildman–Crippen MR) is 265 cm³/mol. The van der Waals surface area contributed by atoms with Crippen molar-refractivity contribution in [1.29, 1.82) is 0 Å². The SMILES string of the molecule is CCC(C)c1ccc(N(c2ccc(C)cc2)c2ccc(C)cc2)cc1.CCCCCCCCC1(CCCCCCCC)c2cc(C)ccc2-c2c1cc(C)c1ccccc21. The lowest BCUT2D eigenvalue weighted by molar-refractivity contribution is 0.397. The molecular weight excluding hydrogens is 723 g/mol. The van der Waals surface area contributed by atoms with Crippen LogP contribution in [0.5, 0.6) is 0 Å². The van der Waals surface area contributed by atoms with E-state index in [2.05, 4.69) is 182 Å². The van der Waals surface area contributed by atoms with Gasteiger partial charge >= 0.3 is 0 Å². The molecule has 0 saturated heterocycles. The first kappa shape index (κ1) is 44.9. The van der Waals surface area contributed by atoms with Gasteiger partial charge in [-0.2, -0.15) is 0 Å². The second-order valence-corrected chi connectivity index (χ2v) is 18.2. The van der Waals surface area contributed by atoms with Crippen molar-refractivity contribution in [2.75, 3.05) is 4.90 Å². The Balaban J connectivity index is 0.000000213. The number of nitrogens with zero attached hydrogens (tertiary/aromatic N) is 1. The van der Waals surface area contributed by atoms with Gasteiger partial charge in [0.1, 0.15) is 0 Å². The van der Waals surface area contributed by atoms with E-state index < -0.39 is 0 Å². The molecule has 0 fully saturated rings. The minimum Gasteiger partial charge on any atom is -0.311 e. The Morgan fingerprint density at radius 1 is 0.467 bits per heavy atom. The van der Waals surface area contributed by atoms with E-state index in [-0.39, 0.29) is 5.41 Å². The van der Waals surface area contributed by atoms with Gasteiger partial charge in [0.05, 0.1) is 0 Å². The Bertz CT molecular complexity index is 2160. The van der Waals surface area contributed by atoms with Crippen molar-refractivity contribution < 1.29 is 0 Å². The summed E-state index contributed by atoms with van der Waals surface area (Å²) in [6, 6.07) is 45.5. The van der Waals surface area contributed by atoms with E-state index in [1.165, 1.54) is 163 Å². The van der Waals surface area contributed by atoms with Gasteiger partial charge in [0, 0.05) is 22.5 Å². The summed E-state index contributed by atoms with van der Waals surface area (Å²) in [6.45, 7) is 18.0. The number of fused-ring (bicyclic) bond motifs is 5. The topological polar surface area (TPSA) is 3.24 Å². The third-order valence-corrected chi connectivity index (χ3v) is 13.6. The van der Waals surface area contributed by atoms with Crippen LogP contribution >= 0.6 is 0 Å². The number of aryl methyl sites for hydroxylation is 4. The van der Waals surface area contributed by atoms with E-state index in [1.807, 2.05) is 0 Å². The Morgan fingerprint density at radius 2 is 0.933 bits per heavy atom. The van der Waals surface area contributed by atoms with Crippen LogP contribution in [-0.4, -0.2) is 0 Å². The maximum atomic E-state index is 2.58. The van der Waals surface area contributed by atoms with Gasteiger partial charge in [0.2, 0.25) is 0 Å². The van der Waals surface area contributed by atoms with Gasteiger partial charge in [-0.15, -0.1) is 0 Å². The number of hydrogen-bond donors (Lipinski definition) is 0. The highest BCUT2D eigenvalue weighted by Gasteiger charge is 2.43. The molecule has 0 N–H and O–H groups in total. The monoisotopic (exact) mass is 798 g/mol. The van der Waals surface area contributed by atoms with Gasteiger partial charge < -0.3 is 4.90 Å². The van der Waals surface area contributed by atoms with Crippen molar-refractivity contribution in [3.63, 3.8) is 0 Å². The predicted octanol–water partition coefficient (Wildman–Crippen LogP) is 18.5. The summed E-state index contributed by atoms with van der Waals surface area (Å²) < 4.78 is 0. The molecule has 6 aromatic carbocycles. The smallest absolute Gasteiger partial charge is 0.0461 e. The number of rotatable bonds is 19. The van der Waals surface area contributed by atoms with E-state index >= 15 is 0 Å². The minimum atomic E-state index is 0.182. The first-order chi connectivity index (χ1) is 29.2. The Kier molecular flexibility index (Phi) is 16.3. The number of benzene rings is 6. The molecule has 1 unspecified atom stereocenters. The summed E-state index contributed by atoms with van der Waals surface area (Å²) in [7, 11) is 0. The van der Waals surface area contributed by atoms with Gasteiger partial charge in [-0.05, 0) is 133 Å². The van der Waals surface area contributed by atoms with Crippen LogP contribution in [-0.2, 0) is 5.41 Å². The second-order valence-electron chi connectivity index (χ2n) is 18.2. The van der Waals surface area contributed by atoms with Crippen molar-refractivity contribution in [2.45, 2.75) is 163 Å². The van der Waals surface area contributed by atoms with Gasteiger partial charge in [-0.1, -0.05) is 206 Å². The van der Waals surface area contributed by atoms with Gasteiger partial charge in [0.25, 0.3) is 0 Å². The van der Waals surface area contributed by atoms with Crippen LogP contribution in [0.2, 0.25) is 0 Å². The Morgan fingerprint density at radius 3 is 1.45 bits per heavy atom. The van der Waals surface area contributed by atoms with Crippen LogP contribution in [0, 0.1) is 27.7 Å². The average Bonchev–Trinajstić information content (AvgIpc) is 3.53. The average molecular weight is 798 g/mol. The van der Waals surface area contributed by atoms with Crippen LogP contribution in [0.15, 0.2) is 121 Å². The van der Waals surface area contributed by atoms with Gasteiger partial charge in [-0.25, -0.2) is 0 Å². The third-order valence-electron chi connectivity index (χ3n) is 13.6. The molecule has 0 heterocycles. The quantitative estimate of drug-likeness (QED) is 0.0738. The summed E-state index contributed by atoms with van der Waals surface area (Å²) in [5.74, 6) is 0.598. The summed E-state index contributed by atoms with van der Waals surface area (Å²) in [4.78, 5) is 2.32. The third kappa shape index (κ3) is 10.6. The molecule has 60 heavy (non-hydrogen) atoms. The fourth-order valence-electron chi connectivity index (χ4n) is 9.74. The first-order valence-electron chi connectivity index (χ1n) is 23.9. The lowest BCUT2D eigenvalue weighted by Crippen LogP contribution is -2.26. The highest BCUT2D eigenvalue weighted by atomic mass is 15.1. The number of hydrogen-bond acceptors (Lipinski definition) is 1. The zero-order chi connectivity index (χ0) is 42.5. The van der Waals surface area contributed by atoms with Crippen LogP contribution in [0.4, 0.5) is 17.1 Å². The Hall–Kier alpha value is -4.62. The van der Waals surface area contributed by atoms with Crippen LogP contribution in [0.25, 0.3) is 21.9 Å². The molecule has 1 atom stereocenters.